The number of nitrogens with one attached hydrogen (secondary N) is 1. The average molecular weight is 413 g/mol. The van der Waals surface area contributed by atoms with E-state index in [1.165, 1.54) is 19.2 Å². The van der Waals surface area contributed by atoms with Gasteiger partial charge in [0.25, 0.3) is 5.91 Å². The van der Waals surface area contributed by atoms with Crippen molar-refractivity contribution in [2.24, 2.45) is 0 Å². The third-order valence-corrected chi connectivity index (χ3v) is 4.69. The summed E-state index contributed by atoms with van der Waals surface area (Å²) in [5.41, 5.74) is 3.14. The molecule has 0 aliphatic rings. The summed E-state index contributed by atoms with van der Waals surface area (Å²) in [6.45, 7) is 0. The second-order valence-corrected chi connectivity index (χ2v) is 6.81. The highest BCUT2D eigenvalue weighted by Crippen LogP contribution is 2.34. The van der Waals surface area contributed by atoms with Crippen LogP contribution in [0.2, 0.25) is 10.0 Å². The van der Waals surface area contributed by atoms with E-state index in [1.54, 1.807) is 12.1 Å². The maximum absolute atomic E-state index is 12.6. The fourth-order valence-electron chi connectivity index (χ4n) is 2.81. The number of oxazole rings is 1. The summed E-state index contributed by atoms with van der Waals surface area (Å²) in [4.78, 5) is 17.1. The van der Waals surface area contributed by atoms with Crippen molar-refractivity contribution in [2.75, 3.05) is 12.4 Å². The minimum atomic E-state index is -0.346. The van der Waals surface area contributed by atoms with Crippen LogP contribution in [0.1, 0.15) is 10.4 Å². The lowest BCUT2D eigenvalue weighted by Crippen LogP contribution is -2.12. The summed E-state index contributed by atoms with van der Waals surface area (Å²) in [6.07, 6.45) is 0. The third-order valence-electron chi connectivity index (χ3n) is 4.13. The van der Waals surface area contributed by atoms with Crippen LogP contribution in [0.4, 0.5) is 5.69 Å². The number of para-hydroxylation sites is 2. The molecule has 0 unspecified atom stereocenters. The molecule has 0 saturated carbocycles. The first-order chi connectivity index (χ1) is 13.5. The number of hydrogen-bond acceptors (Lipinski definition) is 4. The molecule has 3 aromatic carbocycles. The number of methoxy groups -OCH3 is 1. The Labute approximate surface area is 170 Å². The maximum atomic E-state index is 12.6. The van der Waals surface area contributed by atoms with Crippen LogP contribution in [-0.2, 0) is 0 Å². The first-order valence-corrected chi connectivity index (χ1v) is 9.11. The summed E-state index contributed by atoms with van der Waals surface area (Å²) < 4.78 is 10.9. The zero-order valence-electron chi connectivity index (χ0n) is 14.7. The number of benzene rings is 3. The van der Waals surface area contributed by atoms with E-state index in [1.807, 2.05) is 36.4 Å². The number of nitrogens with zero attached hydrogens (tertiary/aromatic N) is 1. The highest BCUT2D eigenvalue weighted by molar-refractivity contribution is 6.37. The van der Waals surface area contributed by atoms with Gasteiger partial charge in [0, 0.05) is 16.8 Å². The number of hydrogen-bond donors (Lipinski definition) is 1. The molecule has 0 saturated heterocycles. The third kappa shape index (κ3) is 3.54. The summed E-state index contributed by atoms with van der Waals surface area (Å²) in [5, 5.41) is 3.36. The SMILES string of the molecule is COc1c(Cl)cc(C(=O)Nc2cccc(-c3nc4ccccc4o3)c2)cc1Cl. The van der Waals surface area contributed by atoms with Crippen LogP contribution in [0.15, 0.2) is 65.1 Å². The van der Waals surface area contributed by atoms with Crippen molar-refractivity contribution in [2.45, 2.75) is 0 Å². The lowest BCUT2D eigenvalue weighted by Gasteiger charge is -2.10. The van der Waals surface area contributed by atoms with E-state index in [-0.39, 0.29) is 16.0 Å². The highest BCUT2D eigenvalue weighted by atomic mass is 35.5. The second-order valence-electron chi connectivity index (χ2n) is 5.99. The molecule has 1 N–H and O–H groups in total. The normalized spacial score (nSPS) is 10.8. The predicted octanol–water partition coefficient (Wildman–Crippen LogP) is 6.06. The second kappa shape index (κ2) is 7.54. The number of rotatable bonds is 4. The van der Waals surface area contributed by atoms with Crippen molar-refractivity contribution in [1.29, 1.82) is 0 Å². The number of aromatic nitrogens is 1. The molecule has 4 rings (SSSR count). The Morgan fingerprint density at radius 1 is 1.04 bits per heavy atom. The molecule has 4 aromatic rings. The molecule has 0 aliphatic carbocycles. The molecule has 0 radical (unpaired) electrons. The molecule has 0 spiro atoms. The number of fused-ring (bicyclic) bond motifs is 1. The van der Waals surface area contributed by atoms with Crippen molar-refractivity contribution < 1.29 is 13.9 Å². The summed E-state index contributed by atoms with van der Waals surface area (Å²) in [6, 6.07) is 17.8. The van der Waals surface area contributed by atoms with Crippen molar-refractivity contribution in [1.82, 2.24) is 4.98 Å². The Balaban J connectivity index is 1.60. The van der Waals surface area contributed by atoms with Gasteiger partial charge in [0.2, 0.25) is 5.89 Å². The quantitative estimate of drug-likeness (QED) is 0.442. The van der Waals surface area contributed by atoms with Gasteiger partial charge in [-0.3, -0.25) is 4.79 Å². The van der Waals surface area contributed by atoms with Gasteiger partial charge in [-0.05, 0) is 42.5 Å². The van der Waals surface area contributed by atoms with Crippen molar-refractivity contribution in [3.63, 3.8) is 0 Å². The van der Waals surface area contributed by atoms with Crippen LogP contribution < -0.4 is 10.1 Å². The number of halogens is 2. The molecule has 140 valence electrons. The van der Waals surface area contributed by atoms with E-state index in [4.69, 9.17) is 32.4 Å². The number of amides is 1. The molecule has 0 aliphatic heterocycles. The molecule has 1 aromatic heterocycles. The molecule has 5 nitrogen and oxygen atoms in total. The highest BCUT2D eigenvalue weighted by Gasteiger charge is 2.14. The van der Waals surface area contributed by atoms with Crippen molar-refractivity contribution in [3.8, 4) is 17.2 Å². The van der Waals surface area contributed by atoms with Gasteiger partial charge in [-0.1, -0.05) is 41.4 Å². The van der Waals surface area contributed by atoms with Gasteiger partial charge in [-0.2, -0.15) is 0 Å². The predicted molar refractivity (Wildman–Crippen MR) is 110 cm³/mol. The molecule has 1 amide bonds. The Morgan fingerprint density at radius 2 is 1.79 bits per heavy atom. The van der Waals surface area contributed by atoms with Crippen LogP contribution in [0.25, 0.3) is 22.6 Å². The standard InChI is InChI=1S/C21H14Cl2N2O3/c1-27-19-15(22)10-13(11-16(19)23)20(26)24-14-6-4-5-12(9-14)21-25-17-7-2-3-8-18(17)28-21/h2-11H,1H3,(H,24,26). The van der Waals surface area contributed by atoms with Crippen LogP contribution in [0.5, 0.6) is 5.75 Å². The fraction of sp³-hybridized carbons (Fsp3) is 0.0476. The van der Waals surface area contributed by atoms with Gasteiger partial charge in [0.1, 0.15) is 5.52 Å². The lowest BCUT2D eigenvalue weighted by molar-refractivity contribution is 0.102. The van der Waals surface area contributed by atoms with Crippen LogP contribution in [0, 0.1) is 0 Å². The molecule has 0 atom stereocenters. The van der Waals surface area contributed by atoms with Crippen molar-refractivity contribution in [3.05, 3.63) is 76.3 Å². The molecular formula is C21H14Cl2N2O3. The van der Waals surface area contributed by atoms with Crippen LogP contribution >= 0.6 is 23.2 Å². The molecule has 0 bridgehead atoms. The minimum Gasteiger partial charge on any atom is -0.494 e. The smallest absolute Gasteiger partial charge is 0.255 e. The van der Waals surface area contributed by atoms with Crippen molar-refractivity contribution >= 4 is 45.9 Å². The molecule has 28 heavy (non-hydrogen) atoms. The fourth-order valence-corrected chi connectivity index (χ4v) is 3.46. The van der Waals surface area contributed by atoms with E-state index in [2.05, 4.69) is 10.3 Å². The van der Waals surface area contributed by atoms with Gasteiger partial charge in [-0.15, -0.1) is 0 Å². The monoisotopic (exact) mass is 412 g/mol. The topological polar surface area (TPSA) is 64.4 Å². The first-order valence-electron chi connectivity index (χ1n) is 8.35. The van der Waals surface area contributed by atoms with E-state index >= 15 is 0 Å². The number of carbonyl (C=O) groups is 1. The Morgan fingerprint density at radius 3 is 2.50 bits per heavy atom. The Bertz CT molecular complexity index is 1130. The van der Waals surface area contributed by atoms with E-state index < -0.39 is 0 Å². The summed E-state index contributed by atoms with van der Waals surface area (Å²) in [7, 11) is 1.46. The van der Waals surface area contributed by atoms with Crippen LogP contribution in [0.3, 0.4) is 0 Å². The van der Waals surface area contributed by atoms with Gasteiger partial charge in [0.15, 0.2) is 11.3 Å². The zero-order chi connectivity index (χ0) is 19.7. The Hall–Kier alpha value is -3.02. The van der Waals surface area contributed by atoms with E-state index in [0.29, 0.717) is 28.5 Å². The number of ether oxygens (including phenoxy) is 1. The molecular weight excluding hydrogens is 399 g/mol. The van der Waals surface area contributed by atoms with Gasteiger partial charge >= 0.3 is 0 Å². The van der Waals surface area contributed by atoms with Gasteiger partial charge in [-0.25, -0.2) is 4.98 Å². The molecule has 7 heteroatoms. The minimum absolute atomic E-state index is 0.264. The van der Waals surface area contributed by atoms with Gasteiger partial charge in [0.05, 0.1) is 17.2 Å². The van der Waals surface area contributed by atoms with E-state index in [9.17, 15) is 4.79 Å². The molecule has 1 heterocycles. The zero-order valence-corrected chi connectivity index (χ0v) is 16.2. The van der Waals surface area contributed by atoms with E-state index in [0.717, 1.165) is 11.1 Å². The summed E-state index contributed by atoms with van der Waals surface area (Å²) in [5.74, 6) is 0.465. The summed E-state index contributed by atoms with van der Waals surface area (Å²) >= 11 is 12.2. The largest absolute Gasteiger partial charge is 0.494 e. The Kier molecular flexibility index (Phi) is 4.94. The van der Waals surface area contributed by atoms with Crippen LogP contribution in [-0.4, -0.2) is 18.0 Å². The lowest BCUT2D eigenvalue weighted by atomic mass is 10.1. The first kappa shape index (κ1) is 18.3. The maximum Gasteiger partial charge on any atom is 0.255 e. The number of anilines is 1. The van der Waals surface area contributed by atoms with Gasteiger partial charge < -0.3 is 14.5 Å². The molecule has 0 fully saturated rings. The number of carbonyl (C=O) groups excluding carboxylic acids is 1. The average Bonchev–Trinajstić information content (AvgIpc) is 3.12.